The molecule has 0 bridgehead atoms. The summed E-state index contributed by atoms with van der Waals surface area (Å²) in [4.78, 5) is 11.0. The minimum absolute atomic E-state index is 0.00766. The number of benzene rings is 1. The minimum Gasteiger partial charge on any atom is -0.355 e. The SMILES string of the molecule is CCNC(=O)CNCc1cc(F)c(F)cc1F. The maximum absolute atomic E-state index is 13.2. The van der Waals surface area contributed by atoms with Crippen molar-refractivity contribution in [3.8, 4) is 0 Å². The van der Waals surface area contributed by atoms with Gasteiger partial charge in [-0.25, -0.2) is 13.2 Å². The smallest absolute Gasteiger partial charge is 0.233 e. The van der Waals surface area contributed by atoms with Gasteiger partial charge < -0.3 is 10.6 Å². The van der Waals surface area contributed by atoms with E-state index in [4.69, 9.17) is 0 Å². The Morgan fingerprint density at radius 1 is 1.18 bits per heavy atom. The Hall–Kier alpha value is -1.56. The van der Waals surface area contributed by atoms with E-state index in [1.54, 1.807) is 6.92 Å². The van der Waals surface area contributed by atoms with Gasteiger partial charge in [0.1, 0.15) is 5.82 Å². The highest BCUT2D eigenvalue weighted by molar-refractivity contribution is 5.77. The number of likely N-dealkylation sites (N-methyl/N-ethyl adjacent to an activating group) is 1. The molecule has 6 heteroatoms. The molecule has 0 aromatic heterocycles. The zero-order valence-corrected chi connectivity index (χ0v) is 9.32. The molecule has 2 N–H and O–H groups in total. The quantitative estimate of drug-likeness (QED) is 0.769. The molecule has 0 aliphatic rings. The number of halogens is 3. The van der Waals surface area contributed by atoms with Crippen LogP contribution in [0.5, 0.6) is 0 Å². The average Bonchev–Trinajstić information content (AvgIpc) is 2.26. The van der Waals surface area contributed by atoms with Crippen LogP contribution in [0.4, 0.5) is 13.2 Å². The van der Waals surface area contributed by atoms with E-state index in [0.29, 0.717) is 12.6 Å². The molecule has 0 saturated carbocycles. The van der Waals surface area contributed by atoms with E-state index < -0.39 is 17.5 Å². The number of carbonyl (C=O) groups is 1. The lowest BCUT2D eigenvalue weighted by Gasteiger charge is -2.06. The number of rotatable bonds is 5. The second-order valence-corrected chi connectivity index (χ2v) is 3.41. The second-order valence-electron chi connectivity index (χ2n) is 3.41. The Labute approximate surface area is 97.0 Å². The Bertz CT molecular complexity index is 410. The fourth-order valence-corrected chi connectivity index (χ4v) is 1.27. The van der Waals surface area contributed by atoms with Crippen LogP contribution in [-0.2, 0) is 11.3 Å². The van der Waals surface area contributed by atoms with Gasteiger partial charge >= 0.3 is 0 Å². The van der Waals surface area contributed by atoms with E-state index in [1.807, 2.05) is 0 Å². The van der Waals surface area contributed by atoms with Crippen molar-refractivity contribution in [2.75, 3.05) is 13.1 Å². The lowest BCUT2D eigenvalue weighted by Crippen LogP contribution is -2.33. The van der Waals surface area contributed by atoms with E-state index in [2.05, 4.69) is 10.6 Å². The van der Waals surface area contributed by atoms with Crippen LogP contribution in [0.1, 0.15) is 12.5 Å². The van der Waals surface area contributed by atoms with Gasteiger partial charge in [-0.1, -0.05) is 0 Å². The molecular formula is C11H13F3N2O. The van der Waals surface area contributed by atoms with Gasteiger partial charge in [-0.15, -0.1) is 0 Å². The first-order valence-electron chi connectivity index (χ1n) is 5.15. The van der Waals surface area contributed by atoms with Crippen LogP contribution in [0.2, 0.25) is 0 Å². The topological polar surface area (TPSA) is 41.1 Å². The third kappa shape index (κ3) is 4.07. The Morgan fingerprint density at radius 2 is 1.82 bits per heavy atom. The van der Waals surface area contributed by atoms with Gasteiger partial charge in [0.15, 0.2) is 11.6 Å². The molecule has 3 nitrogen and oxygen atoms in total. The van der Waals surface area contributed by atoms with Crippen LogP contribution in [0, 0.1) is 17.5 Å². The third-order valence-corrected chi connectivity index (χ3v) is 2.06. The van der Waals surface area contributed by atoms with Gasteiger partial charge in [-0.3, -0.25) is 4.79 Å². The maximum Gasteiger partial charge on any atom is 0.233 e. The van der Waals surface area contributed by atoms with Gasteiger partial charge in [0.2, 0.25) is 5.91 Å². The van der Waals surface area contributed by atoms with Gasteiger partial charge in [-0.05, 0) is 13.0 Å². The highest BCUT2D eigenvalue weighted by Crippen LogP contribution is 2.13. The zero-order valence-electron chi connectivity index (χ0n) is 9.32. The first-order chi connectivity index (χ1) is 8.04. The Kier molecular flexibility index (Phi) is 4.96. The molecule has 17 heavy (non-hydrogen) atoms. The first-order valence-corrected chi connectivity index (χ1v) is 5.15. The molecule has 0 radical (unpaired) electrons. The van der Waals surface area contributed by atoms with Crippen LogP contribution < -0.4 is 10.6 Å². The van der Waals surface area contributed by atoms with Crippen molar-refractivity contribution in [3.05, 3.63) is 35.1 Å². The summed E-state index contributed by atoms with van der Waals surface area (Å²) in [7, 11) is 0. The highest BCUT2D eigenvalue weighted by atomic mass is 19.2. The van der Waals surface area contributed by atoms with Gasteiger partial charge in [-0.2, -0.15) is 0 Å². The van der Waals surface area contributed by atoms with E-state index in [0.717, 1.165) is 6.07 Å². The van der Waals surface area contributed by atoms with Crippen molar-refractivity contribution in [1.29, 1.82) is 0 Å². The fourth-order valence-electron chi connectivity index (χ4n) is 1.27. The van der Waals surface area contributed by atoms with Crippen molar-refractivity contribution >= 4 is 5.91 Å². The predicted molar refractivity (Wildman–Crippen MR) is 56.7 cm³/mol. The summed E-state index contributed by atoms with van der Waals surface area (Å²) in [5.41, 5.74) is -0.0202. The molecule has 1 aromatic carbocycles. The fraction of sp³-hybridized carbons (Fsp3) is 0.364. The molecule has 0 spiro atoms. The van der Waals surface area contributed by atoms with Crippen molar-refractivity contribution in [1.82, 2.24) is 10.6 Å². The monoisotopic (exact) mass is 246 g/mol. The molecule has 0 unspecified atom stereocenters. The molecule has 0 atom stereocenters. The molecule has 0 saturated heterocycles. The molecule has 1 amide bonds. The number of amides is 1. The third-order valence-electron chi connectivity index (χ3n) is 2.06. The number of nitrogens with one attached hydrogen (secondary N) is 2. The summed E-state index contributed by atoms with van der Waals surface area (Å²) in [6.45, 7) is 2.22. The number of carbonyl (C=O) groups excluding carboxylic acids is 1. The zero-order chi connectivity index (χ0) is 12.8. The number of hydrogen-bond acceptors (Lipinski definition) is 2. The van der Waals surface area contributed by atoms with Crippen molar-refractivity contribution < 1.29 is 18.0 Å². The van der Waals surface area contributed by atoms with Crippen LogP contribution >= 0.6 is 0 Å². The van der Waals surface area contributed by atoms with Crippen LogP contribution in [0.3, 0.4) is 0 Å². The van der Waals surface area contributed by atoms with Gasteiger partial charge in [0.25, 0.3) is 0 Å². The lowest BCUT2D eigenvalue weighted by molar-refractivity contribution is -0.120. The Morgan fingerprint density at radius 3 is 2.47 bits per heavy atom. The van der Waals surface area contributed by atoms with Gasteiger partial charge in [0, 0.05) is 24.7 Å². The predicted octanol–water partition coefficient (Wildman–Crippen LogP) is 1.33. The van der Waals surface area contributed by atoms with Crippen LogP contribution in [0.25, 0.3) is 0 Å². The molecule has 0 fully saturated rings. The number of hydrogen-bond donors (Lipinski definition) is 2. The molecular weight excluding hydrogens is 233 g/mol. The second kappa shape index (κ2) is 6.24. The summed E-state index contributed by atoms with van der Waals surface area (Å²) in [5.74, 6) is -3.42. The maximum atomic E-state index is 13.2. The Balaban J connectivity index is 2.52. The molecule has 0 aliphatic carbocycles. The summed E-state index contributed by atoms with van der Waals surface area (Å²) >= 11 is 0. The van der Waals surface area contributed by atoms with Crippen molar-refractivity contribution in [2.45, 2.75) is 13.5 Å². The molecule has 0 heterocycles. The first kappa shape index (κ1) is 13.5. The summed E-state index contributed by atoms with van der Waals surface area (Å²) in [5, 5.41) is 5.17. The average molecular weight is 246 g/mol. The van der Waals surface area contributed by atoms with E-state index >= 15 is 0 Å². The standard InChI is InChI=1S/C11H13F3N2O/c1-2-16-11(17)6-15-5-7-3-9(13)10(14)4-8(7)12/h3-4,15H,2,5-6H2,1H3,(H,16,17). The van der Waals surface area contributed by atoms with Gasteiger partial charge in [0.05, 0.1) is 6.54 Å². The summed E-state index contributed by atoms with van der Waals surface area (Å²) in [6, 6.07) is 1.26. The summed E-state index contributed by atoms with van der Waals surface area (Å²) < 4.78 is 38.6. The molecule has 0 aliphatic heterocycles. The minimum atomic E-state index is -1.23. The lowest BCUT2D eigenvalue weighted by atomic mass is 10.2. The normalized spacial score (nSPS) is 10.4. The molecule has 1 rings (SSSR count). The largest absolute Gasteiger partial charge is 0.355 e. The van der Waals surface area contributed by atoms with Crippen LogP contribution in [0.15, 0.2) is 12.1 Å². The van der Waals surface area contributed by atoms with Crippen molar-refractivity contribution in [2.24, 2.45) is 0 Å². The molecule has 1 aromatic rings. The van der Waals surface area contributed by atoms with E-state index in [-0.39, 0.29) is 24.6 Å². The van der Waals surface area contributed by atoms with E-state index in [1.165, 1.54) is 0 Å². The summed E-state index contributed by atoms with van der Waals surface area (Å²) in [6.07, 6.45) is 0. The van der Waals surface area contributed by atoms with E-state index in [9.17, 15) is 18.0 Å². The molecule has 94 valence electrons. The van der Waals surface area contributed by atoms with Crippen molar-refractivity contribution in [3.63, 3.8) is 0 Å². The highest BCUT2D eigenvalue weighted by Gasteiger charge is 2.09. The van der Waals surface area contributed by atoms with Crippen LogP contribution in [-0.4, -0.2) is 19.0 Å².